The molecule has 2 amide bonds. The monoisotopic (exact) mass is 549 g/mol. The zero-order chi connectivity index (χ0) is 26.6. The van der Waals surface area contributed by atoms with Gasteiger partial charge in [0.25, 0.3) is 5.91 Å². The number of hydrogen-bond acceptors (Lipinski definition) is 6. The molecule has 0 bridgehead atoms. The predicted octanol–water partition coefficient (Wildman–Crippen LogP) is 2.69. The number of aromatic nitrogens is 3. The number of anilines is 1. The van der Waals surface area contributed by atoms with E-state index in [1.165, 1.54) is 6.92 Å². The minimum absolute atomic E-state index is 0.119. The molecule has 196 valence electrons. The van der Waals surface area contributed by atoms with E-state index in [1.807, 2.05) is 0 Å². The van der Waals surface area contributed by atoms with Crippen LogP contribution in [-0.4, -0.2) is 58.5 Å². The average molecular weight is 550 g/mol. The highest BCUT2D eigenvalue weighted by atomic mass is 35.5. The van der Waals surface area contributed by atoms with Crippen LogP contribution in [0.4, 0.5) is 23.8 Å². The molecule has 16 heteroatoms. The van der Waals surface area contributed by atoms with E-state index in [4.69, 9.17) is 11.6 Å². The van der Waals surface area contributed by atoms with Gasteiger partial charge in [-0.05, 0) is 49.4 Å². The molecule has 0 aromatic carbocycles. The maximum atomic E-state index is 15.2. The van der Waals surface area contributed by atoms with Crippen LogP contribution < -0.4 is 15.4 Å². The van der Waals surface area contributed by atoms with Gasteiger partial charge in [-0.3, -0.25) is 24.0 Å². The number of nitrogens with one attached hydrogen (secondary N) is 3. The molecule has 2 aromatic rings. The minimum Gasteiger partial charge on any atom is -0.465 e. The number of hydrogen-bond donors (Lipinski definition) is 5. The number of halogens is 4. The molecule has 4 heterocycles. The standard InChI is InChI=1S/C20H23ClF3N7O4S/c1-19(2)16(28-18(33)34)29-20(3,11-6-7-25-36(11,19)35)14-10(22)4-5-12(26-14)27-15(32)13-9(21)8-31(30-13)17(23)24/h4-5,8,11,17,36H,6-7H2,1-3H3,(H,25,35)(H,28,29)(H,33,34)(H,26,27,32)/t11-,20-/m0/s1. The van der Waals surface area contributed by atoms with Gasteiger partial charge in [0.1, 0.15) is 28.7 Å². The second-order valence-electron chi connectivity index (χ2n) is 9.03. The topological polar surface area (TPSA) is 151 Å². The number of pyridine rings is 1. The van der Waals surface area contributed by atoms with Gasteiger partial charge in [-0.15, -0.1) is 0 Å². The number of carbonyl (C=O) groups is 2. The smallest absolute Gasteiger partial charge is 0.410 e. The van der Waals surface area contributed by atoms with Gasteiger partial charge in [0.05, 0.1) is 21.2 Å². The van der Waals surface area contributed by atoms with Gasteiger partial charge in [-0.2, -0.15) is 13.9 Å². The molecule has 1 saturated heterocycles. The Balaban J connectivity index is 1.77. The molecule has 0 spiro atoms. The predicted molar refractivity (Wildman–Crippen MR) is 127 cm³/mol. The zero-order valence-electron chi connectivity index (χ0n) is 19.2. The number of carboxylic acid groups (broad SMARTS) is 1. The molecule has 2 atom stereocenters. The van der Waals surface area contributed by atoms with Crippen LogP contribution in [0.5, 0.6) is 0 Å². The number of rotatable bonds is 4. The number of amides is 2. The molecule has 0 saturated carbocycles. The number of thiol groups is 1. The Labute approximate surface area is 209 Å². The molecule has 11 nitrogen and oxygen atoms in total. The lowest BCUT2D eigenvalue weighted by atomic mass is 9.89. The second kappa shape index (κ2) is 8.81. The highest BCUT2D eigenvalue weighted by Crippen LogP contribution is 2.48. The SMILES string of the molecule is CC1(C)C(NC(=O)O)=N[C@](C)(c2nc(NC(=O)c3nn(C(F)F)cc3Cl)ccc2F)[C@@H]2CCN[SH]21=O. The van der Waals surface area contributed by atoms with Gasteiger partial charge in [-0.1, -0.05) is 11.6 Å². The number of amidine groups is 1. The van der Waals surface area contributed by atoms with Gasteiger partial charge in [0, 0.05) is 6.54 Å². The van der Waals surface area contributed by atoms with Gasteiger partial charge in [0.2, 0.25) is 0 Å². The molecule has 2 aliphatic rings. The molecule has 2 aromatic heterocycles. The first kappa shape index (κ1) is 26.0. The van der Waals surface area contributed by atoms with Crippen molar-refractivity contribution in [3.05, 3.63) is 40.6 Å². The van der Waals surface area contributed by atoms with Gasteiger partial charge < -0.3 is 10.4 Å². The third-order valence-electron chi connectivity index (χ3n) is 6.50. The second-order valence-corrected chi connectivity index (χ2v) is 12.8. The minimum atomic E-state index is -3.40. The number of alkyl halides is 2. The van der Waals surface area contributed by atoms with Crippen molar-refractivity contribution < 1.29 is 32.1 Å². The first-order valence-electron chi connectivity index (χ1n) is 10.7. The summed E-state index contributed by atoms with van der Waals surface area (Å²) in [5, 5.41) is 16.2. The molecule has 4 rings (SSSR count). The van der Waals surface area contributed by atoms with Crippen LogP contribution in [0.25, 0.3) is 0 Å². The van der Waals surface area contributed by atoms with E-state index in [2.05, 4.69) is 30.4 Å². The van der Waals surface area contributed by atoms with Crippen molar-refractivity contribution in [2.45, 2.75) is 49.3 Å². The fourth-order valence-electron chi connectivity index (χ4n) is 4.64. The van der Waals surface area contributed by atoms with Crippen LogP contribution in [0, 0.1) is 5.82 Å². The highest BCUT2D eigenvalue weighted by molar-refractivity contribution is 8.04. The zero-order valence-corrected chi connectivity index (χ0v) is 20.9. The van der Waals surface area contributed by atoms with E-state index in [1.54, 1.807) is 13.8 Å². The first-order chi connectivity index (χ1) is 16.7. The van der Waals surface area contributed by atoms with Gasteiger partial charge in [-0.25, -0.2) is 18.9 Å². The van der Waals surface area contributed by atoms with E-state index in [0.29, 0.717) is 13.0 Å². The van der Waals surface area contributed by atoms with Crippen LogP contribution in [0.3, 0.4) is 0 Å². The molecule has 0 radical (unpaired) electrons. The molecular weight excluding hydrogens is 527 g/mol. The van der Waals surface area contributed by atoms with Crippen LogP contribution in [0.1, 0.15) is 49.9 Å². The quantitative estimate of drug-likeness (QED) is 0.370. The summed E-state index contributed by atoms with van der Waals surface area (Å²) in [5.74, 6) is -2.09. The van der Waals surface area contributed by atoms with E-state index >= 15 is 4.39 Å². The van der Waals surface area contributed by atoms with Crippen LogP contribution in [-0.2, 0) is 15.7 Å². The Kier molecular flexibility index (Phi) is 6.37. The van der Waals surface area contributed by atoms with Crippen LogP contribution in [0.2, 0.25) is 5.02 Å². The summed E-state index contributed by atoms with van der Waals surface area (Å²) in [5.41, 5.74) is -2.35. The maximum absolute atomic E-state index is 15.2. The summed E-state index contributed by atoms with van der Waals surface area (Å²) < 4.78 is 57.1. The lowest BCUT2D eigenvalue weighted by molar-refractivity contribution is 0.0561. The Morgan fingerprint density at radius 2 is 2.00 bits per heavy atom. The van der Waals surface area contributed by atoms with Crippen LogP contribution in [0.15, 0.2) is 23.3 Å². The number of nitrogens with zero attached hydrogens (tertiary/aromatic N) is 4. The van der Waals surface area contributed by atoms with Crippen molar-refractivity contribution >= 4 is 45.4 Å². The Bertz CT molecular complexity index is 1330. The summed E-state index contributed by atoms with van der Waals surface area (Å²) >= 11 is 5.84. The summed E-state index contributed by atoms with van der Waals surface area (Å²) in [6, 6.07) is 2.15. The summed E-state index contributed by atoms with van der Waals surface area (Å²) in [4.78, 5) is 32.8. The summed E-state index contributed by atoms with van der Waals surface area (Å²) in [6.07, 6.45) is -0.298. The molecule has 2 aliphatic heterocycles. The van der Waals surface area contributed by atoms with Gasteiger partial charge in [0.15, 0.2) is 5.69 Å². The van der Waals surface area contributed by atoms with Crippen molar-refractivity contribution in [3.63, 3.8) is 0 Å². The maximum Gasteiger partial charge on any atom is 0.410 e. The third-order valence-corrected chi connectivity index (χ3v) is 11.0. The normalized spacial score (nSPS) is 25.1. The van der Waals surface area contributed by atoms with Crippen molar-refractivity contribution in [2.24, 2.45) is 4.99 Å². The first-order valence-corrected chi connectivity index (χ1v) is 12.8. The number of carbonyl (C=O) groups excluding carboxylic acids is 1. The van der Waals surface area contributed by atoms with Crippen LogP contribution >= 0.6 is 11.6 Å². The molecule has 0 aliphatic carbocycles. The highest BCUT2D eigenvalue weighted by Gasteiger charge is 2.59. The summed E-state index contributed by atoms with van der Waals surface area (Å²) in [7, 11) is -3.40. The van der Waals surface area contributed by atoms with E-state index < -0.39 is 55.7 Å². The lowest BCUT2D eigenvalue weighted by Crippen LogP contribution is -2.66. The average Bonchev–Trinajstić information content (AvgIpc) is 3.38. The van der Waals surface area contributed by atoms with Crippen molar-refractivity contribution in [2.75, 3.05) is 11.9 Å². The molecule has 0 unspecified atom stereocenters. The van der Waals surface area contributed by atoms with Crippen molar-refractivity contribution in [1.29, 1.82) is 0 Å². The largest absolute Gasteiger partial charge is 0.465 e. The molecule has 1 fully saturated rings. The number of fused-ring (bicyclic) bond motifs is 1. The molecular formula is C20H23ClF3N7O4S. The van der Waals surface area contributed by atoms with Crippen molar-refractivity contribution in [1.82, 2.24) is 24.8 Å². The Hall–Kier alpha value is -3.04. The molecule has 4 N–H and O–H groups in total. The van der Waals surface area contributed by atoms with E-state index in [-0.39, 0.29) is 27.1 Å². The Morgan fingerprint density at radius 1 is 1.31 bits per heavy atom. The number of aliphatic imine (C=N–C) groups is 1. The third kappa shape index (κ3) is 4.04. The summed E-state index contributed by atoms with van der Waals surface area (Å²) in [6.45, 7) is 2.00. The van der Waals surface area contributed by atoms with Gasteiger partial charge >= 0.3 is 12.6 Å². The molecule has 36 heavy (non-hydrogen) atoms. The lowest BCUT2D eigenvalue weighted by Gasteiger charge is -2.50. The Morgan fingerprint density at radius 3 is 2.61 bits per heavy atom. The van der Waals surface area contributed by atoms with E-state index in [0.717, 1.165) is 18.3 Å². The van der Waals surface area contributed by atoms with E-state index in [9.17, 15) is 27.7 Å². The fourth-order valence-corrected chi connectivity index (χ4v) is 8.52. The van der Waals surface area contributed by atoms with Crippen molar-refractivity contribution in [3.8, 4) is 0 Å². The fraction of sp³-hybridized carbons (Fsp3) is 0.450.